The molecule has 2 unspecified atom stereocenters. The average Bonchev–Trinajstić information content (AvgIpc) is 2.40. The highest BCUT2D eigenvalue weighted by molar-refractivity contribution is 7.48. The molecule has 0 saturated heterocycles. The Morgan fingerprint density at radius 2 is 1.65 bits per heavy atom. The van der Waals surface area contributed by atoms with Crippen LogP contribution in [0.5, 0.6) is 0 Å². The first-order chi connectivity index (χ1) is 9.63. The van der Waals surface area contributed by atoms with Crippen LogP contribution < -0.4 is 5.30 Å². The Kier molecular flexibility index (Phi) is 5.31. The fourth-order valence-corrected chi connectivity index (χ4v) is 3.89. The number of hydrogen-bond acceptors (Lipinski definition) is 0. The number of halogens is 1. The Hall–Kier alpha value is -1.20. The van der Waals surface area contributed by atoms with Gasteiger partial charge in [0.05, 0.1) is 0 Å². The van der Waals surface area contributed by atoms with Gasteiger partial charge in [0.15, 0.2) is 0 Å². The number of hydrogen-bond donors (Lipinski definition) is 0. The van der Waals surface area contributed by atoms with Gasteiger partial charge in [0.1, 0.15) is 5.91 Å². The molecule has 0 nitrogen and oxygen atoms in total. The molecule has 20 heavy (non-hydrogen) atoms. The zero-order valence-corrected chi connectivity index (χ0v) is 13.4. The van der Waals surface area contributed by atoms with E-state index < -0.39 is 5.91 Å². The van der Waals surface area contributed by atoms with E-state index in [0.29, 0.717) is 6.42 Å². The second-order valence-electron chi connectivity index (χ2n) is 5.21. The van der Waals surface area contributed by atoms with E-state index in [0.717, 1.165) is 11.7 Å². The summed E-state index contributed by atoms with van der Waals surface area (Å²) in [5.41, 5.74) is 4.97. The predicted molar refractivity (Wildman–Crippen MR) is 89.1 cm³/mol. The third-order valence-electron chi connectivity index (χ3n) is 3.53. The molecule has 0 heterocycles. The Bertz CT molecular complexity index is 557. The Morgan fingerprint density at radius 1 is 1.00 bits per heavy atom. The fourth-order valence-electron chi connectivity index (χ4n) is 2.56. The summed E-state index contributed by atoms with van der Waals surface area (Å²) in [4.78, 5) is 0. The second kappa shape index (κ2) is 6.99. The van der Waals surface area contributed by atoms with Crippen LogP contribution in [0.25, 0.3) is 11.1 Å². The van der Waals surface area contributed by atoms with Crippen molar-refractivity contribution in [2.24, 2.45) is 0 Å². The molecule has 0 N–H and O–H groups in total. The normalized spacial score (nSPS) is 13.0. The van der Waals surface area contributed by atoms with Crippen LogP contribution in [-0.2, 0) is 0 Å². The number of benzene rings is 2. The molecule has 2 aromatic carbocycles. The molecule has 0 aliphatic heterocycles. The number of alkyl halides is 1. The van der Waals surface area contributed by atoms with Crippen molar-refractivity contribution in [2.45, 2.75) is 39.5 Å². The minimum absolute atomic E-state index is 0.235. The molecule has 0 aliphatic rings. The summed E-state index contributed by atoms with van der Waals surface area (Å²) in [5, 5.41) is 1.14. The summed E-state index contributed by atoms with van der Waals surface area (Å²) >= 11 is 0. The smallest absolute Gasteiger partial charge is 0.120 e. The minimum Gasteiger partial charge on any atom is -0.242 e. The maximum atomic E-state index is 14.0. The summed E-state index contributed by atoms with van der Waals surface area (Å²) in [6.45, 7) is 6.29. The molecule has 0 fully saturated rings. The standard InChI is InChI=1S/C18H22FP/c1-4-8-17(19)20-16-12-6-5-11-15(16)18-13(2)9-7-10-14(18)3/h5-7,9-12,17,20H,4,8H2,1-3H3. The first-order valence-electron chi connectivity index (χ1n) is 7.19. The van der Waals surface area contributed by atoms with Gasteiger partial charge in [-0.3, -0.25) is 0 Å². The van der Waals surface area contributed by atoms with E-state index in [4.69, 9.17) is 0 Å². The maximum Gasteiger partial charge on any atom is 0.120 e. The summed E-state index contributed by atoms with van der Waals surface area (Å²) in [6.07, 6.45) is 1.55. The van der Waals surface area contributed by atoms with Gasteiger partial charge in [-0.2, -0.15) is 0 Å². The van der Waals surface area contributed by atoms with Crippen molar-refractivity contribution in [2.75, 3.05) is 0 Å². The second-order valence-corrected chi connectivity index (χ2v) is 6.67. The summed E-state index contributed by atoms with van der Waals surface area (Å²) in [6, 6.07) is 14.6. The highest BCUT2D eigenvalue weighted by Gasteiger charge is 2.13. The van der Waals surface area contributed by atoms with Crippen LogP contribution in [0.4, 0.5) is 4.39 Å². The Balaban J connectivity index is 2.42. The molecule has 0 amide bonds. The van der Waals surface area contributed by atoms with Crippen molar-refractivity contribution in [3.05, 3.63) is 53.6 Å². The van der Waals surface area contributed by atoms with Crippen LogP contribution in [0, 0.1) is 13.8 Å². The topological polar surface area (TPSA) is 0 Å². The fraction of sp³-hybridized carbons (Fsp3) is 0.333. The van der Waals surface area contributed by atoms with Crippen molar-refractivity contribution < 1.29 is 4.39 Å². The lowest BCUT2D eigenvalue weighted by atomic mass is 9.96. The molecule has 0 radical (unpaired) electrons. The van der Waals surface area contributed by atoms with Crippen LogP contribution >= 0.6 is 8.58 Å². The largest absolute Gasteiger partial charge is 0.242 e. The van der Waals surface area contributed by atoms with Crippen molar-refractivity contribution in [3.8, 4) is 11.1 Å². The van der Waals surface area contributed by atoms with E-state index in [1.807, 2.05) is 19.1 Å². The monoisotopic (exact) mass is 288 g/mol. The molecule has 2 rings (SSSR count). The van der Waals surface area contributed by atoms with Crippen LogP contribution in [0.3, 0.4) is 0 Å². The van der Waals surface area contributed by atoms with E-state index in [1.165, 1.54) is 22.3 Å². The summed E-state index contributed by atoms with van der Waals surface area (Å²) in [7, 11) is 0.235. The number of rotatable bonds is 5. The van der Waals surface area contributed by atoms with Crippen LogP contribution in [0.1, 0.15) is 30.9 Å². The highest BCUT2D eigenvalue weighted by Crippen LogP contribution is 2.32. The predicted octanol–water partition coefficient (Wildman–Crippen LogP) is 5.37. The van der Waals surface area contributed by atoms with Gasteiger partial charge in [-0.15, -0.1) is 0 Å². The molecule has 2 aromatic rings. The average molecular weight is 288 g/mol. The van der Waals surface area contributed by atoms with Gasteiger partial charge < -0.3 is 0 Å². The van der Waals surface area contributed by atoms with Gasteiger partial charge in [-0.25, -0.2) is 4.39 Å². The van der Waals surface area contributed by atoms with E-state index in [1.54, 1.807) is 0 Å². The van der Waals surface area contributed by atoms with Gasteiger partial charge in [0.25, 0.3) is 0 Å². The van der Waals surface area contributed by atoms with Gasteiger partial charge >= 0.3 is 0 Å². The molecule has 0 aliphatic carbocycles. The first-order valence-corrected chi connectivity index (χ1v) is 8.27. The van der Waals surface area contributed by atoms with Crippen molar-refractivity contribution >= 4 is 13.9 Å². The van der Waals surface area contributed by atoms with Crippen molar-refractivity contribution in [1.82, 2.24) is 0 Å². The van der Waals surface area contributed by atoms with Crippen LogP contribution in [0.15, 0.2) is 42.5 Å². The molecule has 0 spiro atoms. The Morgan fingerprint density at radius 3 is 2.30 bits per heavy atom. The lowest BCUT2D eigenvalue weighted by Gasteiger charge is -2.16. The quantitative estimate of drug-likeness (QED) is 0.649. The van der Waals surface area contributed by atoms with Crippen molar-refractivity contribution in [3.63, 3.8) is 0 Å². The molecular weight excluding hydrogens is 266 g/mol. The third kappa shape index (κ3) is 3.46. The van der Waals surface area contributed by atoms with Gasteiger partial charge in [-0.1, -0.05) is 64.4 Å². The molecule has 0 bridgehead atoms. The zero-order chi connectivity index (χ0) is 14.5. The lowest BCUT2D eigenvalue weighted by Crippen LogP contribution is -2.06. The van der Waals surface area contributed by atoms with E-state index >= 15 is 0 Å². The molecule has 106 valence electrons. The molecule has 2 heteroatoms. The number of aryl methyl sites for hydroxylation is 2. The lowest BCUT2D eigenvalue weighted by molar-refractivity contribution is 0.423. The highest BCUT2D eigenvalue weighted by atomic mass is 31.1. The summed E-state index contributed by atoms with van der Waals surface area (Å²) in [5.74, 6) is -0.717. The van der Waals surface area contributed by atoms with Gasteiger partial charge in [-0.05, 0) is 47.8 Å². The molecule has 0 saturated carbocycles. The molecule has 2 atom stereocenters. The third-order valence-corrected chi connectivity index (χ3v) is 4.88. The minimum atomic E-state index is -0.717. The van der Waals surface area contributed by atoms with Gasteiger partial charge in [0, 0.05) is 0 Å². The first kappa shape index (κ1) is 15.2. The Labute approximate surface area is 123 Å². The van der Waals surface area contributed by atoms with Crippen LogP contribution in [0.2, 0.25) is 0 Å². The van der Waals surface area contributed by atoms with Crippen molar-refractivity contribution in [1.29, 1.82) is 0 Å². The molecular formula is C18H22FP. The van der Waals surface area contributed by atoms with Gasteiger partial charge in [0.2, 0.25) is 0 Å². The zero-order valence-electron chi connectivity index (χ0n) is 12.4. The van der Waals surface area contributed by atoms with E-state index in [9.17, 15) is 4.39 Å². The molecule has 0 aromatic heterocycles. The maximum absolute atomic E-state index is 14.0. The van der Waals surface area contributed by atoms with E-state index in [2.05, 4.69) is 44.2 Å². The van der Waals surface area contributed by atoms with E-state index in [-0.39, 0.29) is 8.58 Å². The van der Waals surface area contributed by atoms with Crippen LogP contribution in [-0.4, -0.2) is 5.91 Å². The summed E-state index contributed by atoms with van der Waals surface area (Å²) < 4.78 is 14.0. The SMILES string of the molecule is CCCC(F)Pc1ccccc1-c1c(C)cccc1C.